The van der Waals surface area contributed by atoms with Gasteiger partial charge < -0.3 is 26.5 Å². The lowest BCUT2D eigenvalue weighted by atomic mass is 10.4. The van der Waals surface area contributed by atoms with Crippen LogP contribution >= 0.6 is 0 Å². The van der Waals surface area contributed by atoms with Crippen molar-refractivity contribution in [3.05, 3.63) is 18.7 Å². The third-order valence-corrected chi connectivity index (χ3v) is 2.27. The Bertz CT molecular complexity index is 342. The molecule has 0 saturated heterocycles. The molecule has 0 aliphatic carbocycles. The summed E-state index contributed by atoms with van der Waals surface area (Å²) in [5.74, 6) is -0.236. The molecule has 0 N–H and O–H groups in total. The van der Waals surface area contributed by atoms with E-state index >= 15 is 0 Å². The molecule has 18 heavy (non-hydrogen) atoms. The fourth-order valence-electron chi connectivity index (χ4n) is 1.35. The molecule has 0 aliphatic heterocycles. The molecule has 6 heteroatoms. The Morgan fingerprint density at radius 1 is 1.33 bits per heavy atom. The minimum atomic E-state index is -0.236. The highest BCUT2D eigenvalue weighted by Crippen LogP contribution is 1.90. The molecule has 0 aliphatic rings. The highest BCUT2D eigenvalue weighted by molar-refractivity contribution is 5.69. The molecule has 0 aromatic carbocycles. The second-order valence-electron chi connectivity index (χ2n) is 3.94. The number of halogens is 1. The Morgan fingerprint density at radius 2 is 2.11 bits per heavy atom. The highest BCUT2D eigenvalue weighted by Gasteiger charge is 2.08. The normalized spacial score (nSPS) is 9.89. The van der Waals surface area contributed by atoms with E-state index < -0.39 is 0 Å². The largest absolute Gasteiger partial charge is 1.00 e. The summed E-state index contributed by atoms with van der Waals surface area (Å²) in [6.07, 6.45) is 7.71. The van der Waals surface area contributed by atoms with E-state index in [-0.39, 0.29) is 29.5 Å². The van der Waals surface area contributed by atoms with Gasteiger partial charge in [-0.3, -0.25) is 0 Å². The molecular weight excluding hydrogens is 300 g/mol. The second kappa shape index (κ2) is 10.1. The molecule has 0 spiro atoms. The molecule has 104 valence electrons. The van der Waals surface area contributed by atoms with E-state index in [0.717, 1.165) is 19.4 Å². The first-order chi connectivity index (χ1) is 8.22. The van der Waals surface area contributed by atoms with Gasteiger partial charge in [0.25, 0.3) is 0 Å². The van der Waals surface area contributed by atoms with Gasteiger partial charge in [-0.05, 0) is 6.42 Å². The third kappa shape index (κ3) is 7.45. The smallest absolute Gasteiger partial charge is 0.348 e. The molecule has 0 radical (unpaired) electrons. The number of carbonyl (C=O) groups is 1. The number of ether oxygens (including phenoxy) is 2. The fourth-order valence-corrected chi connectivity index (χ4v) is 1.35. The van der Waals surface area contributed by atoms with Gasteiger partial charge in [0.05, 0.1) is 13.7 Å². The number of aromatic nitrogens is 2. The number of rotatable bonds is 8. The van der Waals surface area contributed by atoms with Crippen LogP contribution in [0.25, 0.3) is 0 Å². The standard InChI is InChI=1S/C12H21N2O3.BrH/c1-3-4-7-16-8-9-17-12(15)10-14-6-5-13(2)11-14;/h5-6,11H,3-4,7-10H2,1-2H3;1H/q+1;/p-1. The number of esters is 1. The first-order valence-electron chi connectivity index (χ1n) is 5.96. The molecule has 1 rings (SSSR count). The van der Waals surface area contributed by atoms with E-state index in [1.807, 2.05) is 30.3 Å². The average molecular weight is 321 g/mol. The highest BCUT2D eigenvalue weighted by atomic mass is 79.9. The second-order valence-corrected chi connectivity index (χ2v) is 3.94. The number of carbonyl (C=O) groups excluding carboxylic acids is 1. The quantitative estimate of drug-likeness (QED) is 0.307. The van der Waals surface area contributed by atoms with Crippen LogP contribution < -0.4 is 21.5 Å². The summed E-state index contributed by atoms with van der Waals surface area (Å²) in [5, 5.41) is 0. The number of hydrogen-bond acceptors (Lipinski definition) is 3. The van der Waals surface area contributed by atoms with Gasteiger partial charge >= 0.3 is 5.97 Å². The summed E-state index contributed by atoms with van der Waals surface area (Å²) in [6, 6.07) is 0. The van der Waals surface area contributed by atoms with Crippen LogP contribution in [0.1, 0.15) is 19.8 Å². The Balaban J connectivity index is 0.00000289. The lowest BCUT2D eigenvalue weighted by Gasteiger charge is -2.04. The first-order valence-corrected chi connectivity index (χ1v) is 5.96. The maximum atomic E-state index is 11.4. The third-order valence-electron chi connectivity index (χ3n) is 2.27. The maximum Gasteiger partial charge on any atom is 0.348 e. The van der Waals surface area contributed by atoms with Gasteiger partial charge in [0.2, 0.25) is 6.33 Å². The summed E-state index contributed by atoms with van der Waals surface area (Å²) in [5.41, 5.74) is 0. The van der Waals surface area contributed by atoms with Crippen LogP contribution in [-0.4, -0.2) is 30.4 Å². The summed E-state index contributed by atoms with van der Waals surface area (Å²) < 4.78 is 14.0. The van der Waals surface area contributed by atoms with E-state index in [1.165, 1.54) is 0 Å². The van der Waals surface area contributed by atoms with Crippen molar-refractivity contribution in [2.45, 2.75) is 26.3 Å². The first kappa shape index (κ1) is 17.1. The number of nitrogens with zero attached hydrogens (tertiary/aromatic N) is 2. The van der Waals surface area contributed by atoms with Crippen molar-refractivity contribution in [3.8, 4) is 0 Å². The summed E-state index contributed by atoms with van der Waals surface area (Å²) in [7, 11) is 1.91. The van der Waals surface area contributed by atoms with E-state index in [4.69, 9.17) is 9.47 Å². The molecule has 1 heterocycles. The van der Waals surface area contributed by atoms with Gasteiger partial charge in [-0.1, -0.05) is 13.3 Å². The summed E-state index contributed by atoms with van der Waals surface area (Å²) in [6.45, 7) is 3.90. The average Bonchev–Trinajstić information content (AvgIpc) is 2.69. The Morgan fingerprint density at radius 3 is 2.72 bits per heavy atom. The van der Waals surface area contributed by atoms with Crippen LogP contribution in [0.15, 0.2) is 18.7 Å². The van der Waals surface area contributed by atoms with Crippen LogP contribution in [0.3, 0.4) is 0 Å². The lowest BCUT2D eigenvalue weighted by Crippen LogP contribution is -3.00. The van der Waals surface area contributed by atoms with E-state index in [2.05, 4.69) is 6.92 Å². The summed E-state index contributed by atoms with van der Waals surface area (Å²) in [4.78, 5) is 11.4. The predicted molar refractivity (Wildman–Crippen MR) is 62.3 cm³/mol. The van der Waals surface area contributed by atoms with Crippen LogP contribution in [0.4, 0.5) is 0 Å². The van der Waals surface area contributed by atoms with E-state index in [0.29, 0.717) is 13.2 Å². The van der Waals surface area contributed by atoms with Gasteiger partial charge in [0.1, 0.15) is 19.0 Å². The van der Waals surface area contributed by atoms with Crippen molar-refractivity contribution in [2.24, 2.45) is 7.05 Å². The van der Waals surface area contributed by atoms with Crippen molar-refractivity contribution in [1.82, 2.24) is 4.57 Å². The Labute approximate surface area is 118 Å². The topological polar surface area (TPSA) is 44.3 Å². The molecule has 1 aromatic rings. The number of hydrogen-bond donors (Lipinski definition) is 0. The van der Waals surface area contributed by atoms with Crippen molar-refractivity contribution in [1.29, 1.82) is 0 Å². The Kier molecular flexibility index (Phi) is 9.59. The van der Waals surface area contributed by atoms with Gasteiger partial charge in [-0.15, -0.1) is 0 Å². The van der Waals surface area contributed by atoms with Crippen molar-refractivity contribution >= 4 is 5.97 Å². The minimum absolute atomic E-state index is 0. The van der Waals surface area contributed by atoms with Crippen molar-refractivity contribution in [3.63, 3.8) is 0 Å². The van der Waals surface area contributed by atoms with Crippen molar-refractivity contribution in [2.75, 3.05) is 19.8 Å². The fraction of sp³-hybridized carbons (Fsp3) is 0.667. The van der Waals surface area contributed by atoms with E-state index in [9.17, 15) is 4.79 Å². The molecule has 0 bridgehead atoms. The van der Waals surface area contributed by atoms with E-state index in [1.54, 1.807) is 4.57 Å². The number of imidazole rings is 1. The van der Waals surface area contributed by atoms with Gasteiger partial charge in [0.15, 0.2) is 6.54 Å². The monoisotopic (exact) mass is 320 g/mol. The zero-order valence-electron chi connectivity index (χ0n) is 11.0. The zero-order chi connectivity index (χ0) is 12.5. The number of aryl methyl sites for hydroxylation is 1. The predicted octanol–water partition coefficient (Wildman–Crippen LogP) is -2.32. The maximum absolute atomic E-state index is 11.4. The molecular formula is C12H21BrN2O3. The molecule has 1 aromatic heterocycles. The van der Waals surface area contributed by atoms with Gasteiger partial charge in [-0.25, -0.2) is 13.9 Å². The van der Waals surface area contributed by atoms with Gasteiger partial charge in [-0.2, -0.15) is 0 Å². The van der Waals surface area contributed by atoms with Gasteiger partial charge in [0, 0.05) is 6.61 Å². The zero-order valence-corrected chi connectivity index (χ0v) is 12.6. The SMILES string of the molecule is CCCCOCCOC(=O)Cn1cc[n+](C)c1.[Br-]. The van der Waals surface area contributed by atoms with Crippen molar-refractivity contribution < 1.29 is 35.8 Å². The molecule has 0 amide bonds. The van der Waals surface area contributed by atoms with Crippen LogP contribution in [-0.2, 0) is 27.9 Å². The molecule has 0 atom stereocenters. The molecule has 0 unspecified atom stereocenters. The minimum Gasteiger partial charge on any atom is -1.00 e. The molecule has 0 fully saturated rings. The lowest BCUT2D eigenvalue weighted by molar-refractivity contribution is -0.671. The van der Waals surface area contributed by atoms with Crippen LogP contribution in [0.5, 0.6) is 0 Å². The van der Waals surface area contributed by atoms with Crippen LogP contribution in [0.2, 0.25) is 0 Å². The summed E-state index contributed by atoms with van der Waals surface area (Å²) >= 11 is 0. The Hall–Kier alpha value is -0.880. The molecule has 5 nitrogen and oxygen atoms in total. The van der Waals surface area contributed by atoms with Crippen LogP contribution in [0, 0.1) is 0 Å². The molecule has 0 saturated carbocycles. The number of unbranched alkanes of at least 4 members (excludes halogenated alkanes) is 1.